The zero-order valence-corrected chi connectivity index (χ0v) is 14.7. The number of rotatable bonds is 6. The number of amides is 2. The molecule has 0 bridgehead atoms. The molecule has 23 heavy (non-hydrogen) atoms. The maximum Gasteiger partial charge on any atom is 0.330 e. The van der Waals surface area contributed by atoms with E-state index in [1.54, 1.807) is 7.11 Å². The number of likely N-dealkylation sites (N-methyl/N-ethyl adjacent to an activating group) is 1. The van der Waals surface area contributed by atoms with E-state index in [1.165, 1.54) is 47.2 Å². The molecule has 1 aromatic rings. The molecule has 0 aromatic heterocycles. The zero-order valence-electron chi connectivity index (χ0n) is 13.9. The smallest absolute Gasteiger partial charge is 0.330 e. The lowest BCUT2D eigenvalue weighted by Crippen LogP contribution is -2.29. The van der Waals surface area contributed by atoms with E-state index in [1.807, 2.05) is 11.4 Å². The maximum atomic E-state index is 12.3. The first-order valence-corrected chi connectivity index (χ1v) is 9.07. The lowest BCUT2D eigenvalue weighted by atomic mass is 9.99. The summed E-state index contributed by atoms with van der Waals surface area (Å²) < 4.78 is 9.84. The van der Waals surface area contributed by atoms with Crippen LogP contribution in [-0.4, -0.2) is 37.6 Å². The van der Waals surface area contributed by atoms with E-state index in [0.29, 0.717) is 6.61 Å². The summed E-state index contributed by atoms with van der Waals surface area (Å²) in [5.41, 5.74) is 6.68. The van der Waals surface area contributed by atoms with Crippen LogP contribution in [0.15, 0.2) is 6.07 Å². The Labute approximate surface area is 142 Å². The number of hydrogen-bond acceptors (Lipinski definition) is 4. The molecular formula is C17H25N3O2S. The minimum absolute atomic E-state index is 0.145. The van der Waals surface area contributed by atoms with E-state index < -0.39 is 0 Å². The van der Waals surface area contributed by atoms with E-state index in [-0.39, 0.29) is 6.03 Å². The highest BCUT2D eigenvalue weighted by atomic mass is 32.2. The number of carbonyl (C=O) groups excluding carboxylic acids is 1. The Morgan fingerprint density at radius 2 is 1.87 bits per heavy atom. The van der Waals surface area contributed by atoms with Gasteiger partial charge in [-0.2, -0.15) is 0 Å². The molecule has 2 aliphatic rings. The van der Waals surface area contributed by atoms with Gasteiger partial charge in [-0.15, -0.1) is 0 Å². The molecule has 0 saturated heterocycles. The predicted octanol–water partition coefficient (Wildman–Crippen LogP) is 2.93. The number of aryl methyl sites for hydroxylation is 2. The van der Waals surface area contributed by atoms with Crippen molar-refractivity contribution in [1.82, 2.24) is 9.03 Å². The van der Waals surface area contributed by atoms with Gasteiger partial charge in [0, 0.05) is 31.5 Å². The largest absolute Gasteiger partial charge is 0.383 e. The third kappa shape index (κ3) is 3.82. The summed E-state index contributed by atoms with van der Waals surface area (Å²) in [7, 11) is 3.61. The van der Waals surface area contributed by atoms with Gasteiger partial charge in [0.05, 0.1) is 6.61 Å². The van der Waals surface area contributed by atoms with Crippen molar-refractivity contribution in [3.05, 3.63) is 28.3 Å². The molecule has 0 unspecified atom stereocenters. The molecule has 0 heterocycles. The van der Waals surface area contributed by atoms with Gasteiger partial charge in [-0.1, -0.05) is 6.07 Å². The number of ether oxygens (including phenoxy) is 1. The van der Waals surface area contributed by atoms with E-state index in [4.69, 9.17) is 4.74 Å². The van der Waals surface area contributed by atoms with E-state index in [2.05, 4.69) is 16.1 Å². The minimum atomic E-state index is -0.145. The Morgan fingerprint density at radius 3 is 2.48 bits per heavy atom. The molecule has 1 aromatic carbocycles. The fourth-order valence-corrected chi connectivity index (χ4v) is 3.95. The third-order valence-corrected chi connectivity index (χ3v) is 5.39. The van der Waals surface area contributed by atoms with Crippen LogP contribution < -0.4 is 10.0 Å². The van der Waals surface area contributed by atoms with Gasteiger partial charge in [-0.3, -0.25) is 4.72 Å². The Bertz CT molecular complexity index is 559. The average Bonchev–Trinajstić information content (AvgIpc) is 3.19. The topological polar surface area (TPSA) is 53.6 Å². The molecular weight excluding hydrogens is 310 g/mol. The fourth-order valence-electron chi connectivity index (χ4n) is 3.49. The second-order valence-corrected chi connectivity index (χ2v) is 7.24. The monoisotopic (exact) mass is 335 g/mol. The lowest BCUT2D eigenvalue weighted by molar-refractivity contribution is 0.187. The van der Waals surface area contributed by atoms with Crippen molar-refractivity contribution in [2.45, 2.75) is 38.5 Å². The Morgan fingerprint density at radius 1 is 1.22 bits per heavy atom. The highest BCUT2D eigenvalue weighted by Crippen LogP contribution is 2.38. The predicted molar refractivity (Wildman–Crippen MR) is 94.7 cm³/mol. The third-order valence-electron chi connectivity index (χ3n) is 4.62. The number of nitrogens with one attached hydrogen (secondary N) is 2. The van der Waals surface area contributed by atoms with Crippen molar-refractivity contribution in [2.24, 2.45) is 0 Å². The number of urea groups is 1. The van der Waals surface area contributed by atoms with Gasteiger partial charge in [0.25, 0.3) is 0 Å². The molecule has 2 N–H and O–H groups in total. The van der Waals surface area contributed by atoms with Crippen LogP contribution in [0.4, 0.5) is 10.5 Å². The number of methoxy groups -OCH3 is 1. The molecule has 0 fully saturated rings. The highest BCUT2D eigenvalue weighted by Gasteiger charge is 2.24. The van der Waals surface area contributed by atoms with Gasteiger partial charge in [0.15, 0.2) is 0 Å². The molecule has 0 spiro atoms. The number of hydrogen-bond donors (Lipinski definition) is 2. The van der Waals surface area contributed by atoms with Crippen LogP contribution in [0, 0.1) is 0 Å². The van der Waals surface area contributed by atoms with Crippen LogP contribution in [0.1, 0.15) is 35.1 Å². The second kappa shape index (κ2) is 7.55. The highest BCUT2D eigenvalue weighted by molar-refractivity contribution is 7.95. The van der Waals surface area contributed by atoms with Crippen molar-refractivity contribution in [3.63, 3.8) is 0 Å². The standard InChI is InChI=1S/C17H25N3O2S/c1-20(9-10-22-2)23-19-17(21)18-16-14-7-3-5-12(14)11-13-6-4-8-15(13)16/h11H,3-10H2,1-2H3,(H2,18,19,21). The van der Waals surface area contributed by atoms with Gasteiger partial charge in [-0.05, 0) is 67.8 Å². The first-order valence-electron chi connectivity index (χ1n) is 8.29. The number of nitrogens with zero attached hydrogens (tertiary/aromatic N) is 1. The number of anilines is 1. The molecule has 2 amide bonds. The SMILES string of the molecule is COCCN(C)SNC(=O)Nc1c2c(cc3c1CCC3)CCC2. The molecule has 5 nitrogen and oxygen atoms in total. The Kier molecular flexibility index (Phi) is 5.46. The number of fused-ring (bicyclic) bond motifs is 2. The maximum absolute atomic E-state index is 12.3. The molecule has 0 aliphatic heterocycles. The molecule has 126 valence electrons. The first-order chi connectivity index (χ1) is 11.2. The van der Waals surface area contributed by atoms with Crippen LogP contribution in [0.3, 0.4) is 0 Å². The van der Waals surface area contributed by atoms with Crippen LogP contribution in [0.2, 0.25) is 0 Å². The van der Waals surface area contributed by atoms with Gasteiger partial charge >= 0.3 is 6.03 Å². The van der Waals surface area contributed by atoms with Crippen LogP contribution in [0.25, 0.3) is 0 Å². The van der Waals surface area contributed by atoms with E-state index in [9.17, 15) is 4.79 Å². The van der Waals surface area contributed by atoms with Crippen molar-refractivity contribution in [3.8, 4) is 0 Å². The number of benzene rings is 1. The van der Waals surface area contributed by atoms with Gasteiger partial charge in [0.2, 0.25) is 0 Å². The van der Waals surface area contributed by atoms with Crippen molar-refractivity contribution in [2.75, 3.05) is 32.6 Å². The summed E-state index contributed by atoms with van der Waals surface area (Å²) in [5, 5.41) is 3.13. The van der Waals surface area contributed by atoms with Crippen molar-refractivity contribution >= 4 is 23.9 Å². The van der Waals surface area contributed by atoms with Crippen molar-refractivity contribution < 1.29 is 9.53 Å². The van der Waals surface area contributed by atoms with E-state index in [0.717, 1.165) is 37.9 Å². The summed E-state index contributed by atoms with van der Waals surface area (Å²) in [6, 6.07) is 2.23. The van der Waals surface area contributed by atoms with Gasteiger partial charge in [-0.25, -0.2) is 9.10 Å². The summed E-state index contributed by atoms with van der Waals surface area (Å²) in [4.78, 5) is 12.3. The molecule has 0 saturated carbocycles. The summed E-state index contributed by atoms with van der Waals surface area (Å²) in [5.74, 6) is 0. The first kappa shape index (κ1) is 16.6. The lowest BCUT2D eigenvalue weighted by Gasteiger charge is -2.18. The van der Waals surface area contributed by atoms with Crippen molar-refractivity contribution in [1.29, 1.82) is 0 Å². The molecule has 2 aliphatic carbocycles. The molecule has 3 rings (SSSR count). The summed E-state index contributed by atoms with van der Waals surface area (Å²) in [6.07, 6.45) is 6.85. The fraction of sp³-hybridized carbons (Fsp3) is 0.588. The quantitative estimate of drug-likeness (QED) is 0.785. The average molecular weight is 335 g/mol. The van der Waals surface area contributed by atoms with Crippen LogP contribution in [-0.2, 0) is 30.4 Å². The Balaban J connectivity index is 1.65. The van der Waals surface area contributed by atoms with E-state index >= 15 is 0 Å². The summed E-state index contributed by atoms with van der Waals surface area (Å²) in [6.45, 7) is 1.41. The number of carbonyl (C=O) groups is 1. The minimum Gasteiger partial charge on any atom is -0.383 e. The Hall–Kier alpha value is -1.24. The van der Waals surface area contributed by atoms with Crippen LogP contribution >= 0.6 is 12.1 Å². The second-order valence-electron chi connectivity index (χ2n) is 6.23. The normalized spacial score (nSPS) is 15.6. The zero-order chi connectivity index (χ0) is 16.2. The van der Waals surface area contributed by atoms with Gasteiger partial charge in [0.1, 0.15) is 0 Å². The molecule has 0 atom stereocenters. The van der Waals surface area contributed by atoms with Crippen LogP contribution in [0.5, 0.6) is 0 Å². The van der Waals surface area contributed by atoms with Gasteiger partial charge < -0.3 is 10.1 Å². The molecule has 0 radical (unpaired) electrons. The molecule has 6 heteroatoms. The summed E-state index contributed by atoms with van der Waals surface area (Å²) >= 11 is 1.30.